The first-order valence-corrected chi connectivity index (χ1v) is 7.29. The molecule has 18 heavy (non-hydrogen) atoms. The normalized spacial score (nSPS) is 29.4. The van der Waals surface area contributed by atoms with Crippen molar-refractivity contribution in [1.82, 2.24) is 4.90 Å². The predicted molar refractivity (Wildman–Crippen MR) is 75.5 cm³/mol. The van der Waals surface area contributed by atoms with Crippen molar-refractivity contribution in [2.24, 2.45) is 11.7 Å². The van der Waals surface area contributed by atoms with Crippen LogP contribution in [0.3, 0.4) is 0 Å². The van der Waals surface area contributed by atoms with Gasteiger partial charge < -0.3 is 5.73 Å². The molecule has 2 heteroatoms. The molecule has 2 nitrogen and oxygen atoms in total. The van der Waals surface area contributed by atoms with Crippen LogP contribution in [0.1, 0.15) is 43.2 Å². The molecule has 0 aromatic heterocycles. The third kappa shape index (κ3) is 2.76. The lowest BCUT2D eigenvalue weighted by Crippen LogP contribution is -2.45. The van der Waals surface area contributed by atoms with Crippen molar-refractivity contribution < 1.29 is 0 Å². The minimum atomic E-state index is 0.402. The molecule has 1 aliphatic heterocycles. The Labute approximate surface area is 110 Å². The molecular weight excluding hydrogens is 220 g/mol. The Balaban J connectivity index is 1.63. The SMILES string of the molecule is CC1CN(Cc2cccc(C3CC3)c2)CCC1N. The van der Waals surface area contributed by atoms with E-state index in [4.69, 9.17) is 5.73 Å². The minimum Gasteiger partial charge on any atom is -0.327 e. The van der Waals surface area contributed by atoms with Gasteiger partial charge in [0.15, 0.2) is 0 Å². The maximum absolute atomic E-state index is 6.08. The van der Waals surface area contributed by atoms with Gasteiger partial charge in [0.05, 0.1) is 0 Å². The Hall–Kier alpha value is -0.860. The number of hydrogen-bond donors (Lipinski definition) is 1. The van der Waals surface area contributed by atoms with E-state index in [2.05, 4.69) is 36.1 Å². The highest BCUT2D eigenvalue weighted by Gasteiger charge is 2.25. The second-order valence-corrected chi connectivity index (χ2v) is 6.18. The molecule has 2 fully saturated rings. The maximum atomic E-state index is 6.08. The molecule has 2 aliphatic rings. The molecule has 1 aromatic rings. The molecule has 2 unspecified atom stereocenters. The van der Waals surface area contributed by atoms with Gasteiger partial charge in [0.2, 0.25) is 0 Å². The summed E-state index contributed by atoms with van der Waals surface area (Å²) in [6.07, 6.45) is 3.92. The molecule has 98 valence electrons. The number of piperidine rings is 1. The fourth-order valence-corrected chi connectivity index (χ4v) is 3.01. The Morgan fingerprint density at radius 3 is 2.83 bits per heavy atom. The zero-order chi connectivity index (χ0) is 12.5. The van der Waals surface area contributed by atoms with Gasteiger partial charge in [-0.1, -0.05) is 31.2 Å². The van der Waals surface area contributed by atoms with Crippen LogP contribution in [0.5, 0.6) is 0 Å². The lowest BCUT2D eigenvalue weighted by Gasteiger charge is -2.35. The summed E-state index contributed by atoms with van der Waals surface area (Å²) < 4.78 is 0. The number of nitrogens with zero attached hydrogens (tertiary/aromatic N) is 1. The van der Waals surface area contributed by atoms with Crippen LogP contribution in [0.25, 0.3) is 0 Å². The lowest BCUT2D eigenvalue weighted by atomic mass is 9.94. The molecule has 2 atom stereocenters. The summed E-state index contributed by atoms with van der Waals surface area (Å²) in [5.41, 5.74) is 9.10. The van der Waals surface area contributed by atoms with Crippen molar-refractivity contribution >= 4 is 0 Å². The van der Waals surface area contributed by atoms with E-state index in [1.807, 2.05) is 0 Å². The number of rotatable bonds is 3. The third-order valence-corrected chi connectivity index (χ3v) is 4.46. The van der Waals surface area contributed by atoms with Crippen LogP contribution < -0.4 is 5.73 Å². The molecular formula is C16H24N2. The number of hydrogen-bond acceptors (Lipinski definition) is 2. The van der Waals surface area contributed by atoms with Gasteiger partial charge in [0.25, 0.3) is 0 Å². The first-order chi connectivity index (χ1) is 8.72. The molecule has 0 bridgehead atoms. The molecule has 1 saturated carbocycles. The first kappa shape index (κ1) is 12.2. The van der Waals surface area contributed by atoms with E-state index in [0.717, 1.165) is 32.0 Å². The molecule has 1 saturated heterocycles. The second kappa shape index (κ2) is 5.02. The largest absolute Gasteiger partial charge is 0.327 e. The fourth-order valence-electron chi connectivity index (χ4n) is 3.01. The van der Waals surface area contributed by atoms with Crippen LogP contribution >= 0.6 is 0 Å². The smallest absolute Gasteiger partial charge is 0.0233 e. The molecule has 0 amide bonds. The van der Waals surface area contributed by atoms with Crippen LogP contribution in [0.2, 0.25) is 0 Å². The van der Waals surface area contributed by atoms with Gasteiger partial charge in [-0.2, -0.15) is 0 Å². The summed E-state index contributed by atoms with van der Waals surface area (Å²) >= 11 is 0. The highest BCUT2D eigenvalue weighted by Crippen LogP contribution is 2.40. The van der Waals surface area contributed by atoms with Gasteiger partial charge >= 0.3 is 0 Å². The molecule has 1 heterocycles. The maximum Gasteiger partial charge on any atom is 0.0233 e. The van der Waals surface area contributed by atoms with E-state index in [0.29, 0.717) is 12.0 Å². The second-order valence-electron chi connectivity index (χ2n) is 6.18. The van der Waals surface area contributed by atoms with Gasteiger partial charge in [0.1, 0.15) is 0 Å². The van der Waals surface area contributed by atoms with Crippen LogP contribution in [0, 0.1) is 5.92 Å². The molecule has 0 spiro atoms. The Bertz CT molecular complexity index is 411. The van der Waals surface area contributed by atoms with Crippen molar-refractivity contribution in [2.45, 2.75) is 44.7 Å². The highest BCUT2D eigenvalue weighted by atomic mass is 15.1. The van der Waals surface area contributed by atoms with Crippen LogP contribution in [0.15, 0.2) is 24.3 Å². The predicted octanol–water partition coefficient (Wildman–Crippen LogP) is 2.73. The Kier molecular flexibility index (Phi) is 3.40. The highest BCUT2D eigenvalue weighted by molar-refractivity contribution is 5.29. The molecule has 1 aromatic carbocycles. The number of benzene rings is 1. The van der Waals surface area contributed by atoms with E-state index in [9.17, 15) is 0 Å². The zero-order valence-electron chi connectivity index (χ0n) is 11.3. The van der Waals surface area contributed by atoms with Crippen LogP contribution in [-0.4, -0.2) is 24.0 Å². The Morgan fingerprint density at radius 2 is 2.11 bits per heavy atom. The summed E-state index contributed by atoms with van der Waals surface area (Å²) in [4.78, 5) is 2.56. The first-order valence-electron chi connectivity index (χ1n) is 7.29. The van der Waals surface area contributed by atoms with E-state index in [-0.39, 0.29) is 0 Å². The summed E-state index contributed by atoms with van der Waals surface area (Å²) in [6.45, 7) is 5.67. The van der Waals surface area contributed by atoms with Crippen LogP contribution in [0.4, 0.5) is 0 Å². The van der Waals surface area contributed by atoms with Gasteiger partial charge in [-0.15, -0.1) is 0 Å². The lowest BCUT2D eigenvalue weighted by molar-refractivity contribution is 0.158. The fraction of sp³-hybridized carbons (Fsp3) is 0.625. The average molecular weight is 244 g/mol. The minimum absolute atomic E-state index is 0.402. The monoisotopic (exact) mass is 244 g/mol. The topological polar surface area (TPSA) is 29.3 Å². The third-order valence-electron chi connectivity index (χ3n) is 4.46. The van der Waals surface area contributed by atoms with E-state index >= 15 is 0 Å². The molecule has 2 N–H and O–H groups in total. The van der Waals surface area contributed by atoms with Gasteiger partial charge in [0, 0.05) is 19.1 Å². The molecule has 3 rings (SSSR count). The van der Waals surface area contributed by atoms with E-state index in [1.54, 1.807) is 5.56 Å². The summed E-state index contributed by atoms with van der Waals surface area (Å²) in [5, 5.41) is 0. The van der Waals surface area contributed by atoms with Crippen molar-refractivity contribution in [3.8, 4) is 0 Å². The summed E-state index contributed by atoms with van der Waals surface area (Å²) in [6, 6.07) is 9.60. The quantitative estimate of drug-likeness (QED) is 0.886. The van der Waals surface area contributed by atoms with E-state index < -0.39 is 0 Å². The summed E-state index contributed by atoms with van der Waals surface area (Å²) in [5.74, 6) is 1.49. The zero-order valence-corrected chi connectivity index (χ0v) is 11.3. The van der Waals surface area contributed by atoms with Gasteiger partial charge in [-0.3, -0.25) is 4.90 Å². The Morgan fingerprint density at radius 1 is 1.28 bits per heavy atom. The van der Waals surface area contributed by atoms with Gasteiger partial charge in [-0.05, 0) is 48.8 Å². The van der Waals surface area contributed by atoms with Gasteiger partial charge in [-0.25, -0.2) is 0 Å². The van der Waals surface area contributed by atoms with Crippen molar-refractivity contribution in [3.63, 3.8) is 0 Å². The van der Waals surface area contributed by atoms with Crippen molar-refractivity contribution in [1.29, 1.82) is 0 Å². The number of likely N-dealkylation sites (tertiary alicyclic amines) is 1. The molecule has 1 aliphatic carbocycles. The standard InChI is InChI=1S/C16H24N2/c1-12-10-18(8-7-16(12)17)11-13-3-2-4-15(9-13)14-5-6-14/h2-4,9,12,14,16H,5-8,10-11,17H2,1H3. The van der Waals surface area contributed by atoms with Crippen LogP contribution in [-0.2, 0) is 6.54 Å². The van der Waals surface area contributed by atoms with Crippen molar-refractivity contribution in [2.75, 3.05) is 13.1 Å². The summed E-state index contributed by atoms with van der Waals surface area (Å²) in [7, 11) is 0. The van der Waals surface area contributed by atoms with Crippen molar-refractivity contribution in [3.05, 3.63) is 35.4 Å². The molecule has 0 radical (unpaired) electrons. The average Bonchev–Trinajstić information content (AvgIpc) is 3.18. The van der Waals surface area contributed by atoms with E-state index in [1.165, 1.54) is 18.4 Å². The number of nitrogens with two attached hydrogens (primary N) is 1.